The first-order valence-electron chi connectivity index (χ1n) is 9.48. The average Bonchev–Trinajstić information content (AvgIpc) is 3.36. The van der Waals surface area contributed by atoms with Crippen LogP contribution in [0.25, 0.3) is 0 Å². The molecule has 0 bridgehead atoms. The molecule has 144 valence electrons. The zero-order valence-electron chi connectivity index (χ0n) is 15.3. The zero-order chi connectivity index (χ0) is 18.6. The molecule has 2 fully saturated rings. The van der Waals surface area contributed by atoms with Crippen LogP contribution in [0.1, 0.15) is 29.1 Å². The molecule has 2 saturated heterocycles. The Morgan fingerprint density at radius 3 is 2.70 bits per heavy atom. The van der Waals surface area contributed by atoms with Crippen LogP contribution in [0.5, 0.6) is 0 Å². The Morgan fingerprint density at radius 1 is 1.22 bits per heavy atom. The van der Waals surface area contributed by atoms with Crippen molar-refractivity contribution < 1.29 is 9.53 Å². The fourth-order valence-electron chi connectivity index (χ4n) is 3.61. The van der Waals surface area contributed by atoms with Crippen molar-refractivity contribution in [2.75, 3.05) is 32.8 Å². The van der Waals surface area contributed by atoms with Crippen LogP contribution in [0.4, 0.5) is 0 Å². The first-order valence-corrected chi connectivity index (χ1v) is 10.7. The second-order valence-electron chi connectivity index (χ2n) is 7.14. The summed E-state index contributed by atoms with van der Waals surface area (Å²) >= 11 is 7.65. The number of ether oxygens (including phenoxy) is 1. The van der Waals surface area contributed by atoms with Gasteiger partial charge in [0.1, 0.15) is 6.10 Å². The van der Waals surface area contributed by atoms with Gasteiger partial charge in [-0.25, -0.2) is 4.98 Å². The van der Waals surface area contributed by atoms with E-state index in [1.165, 1.54) is 5.56 Å². The van der Waals surface area contributed by atoms with Crippen LogP contribution < -0.4 is 0 Å². The number of carbonyl (C=O) groups is 1. The van der Waals surface area contributed by atoms with Gasteiger partial charge in [0.15, 0.2) is 0 Å². The highest BCUT2D eigenvalue weighted by molar-refractivity contribution is 7.09. The van der Waals surface area contributed by atoms with E-state index in [0.717, 1.165) is 74.3 Å². The molecule has 5 nitrogen and oxygen atoms in total. The number of halogens is 1. The topological polar surface area (TPSA) is 45.7 Å². The molecule has 0 radical (unpaired) electrons. The summed E-state index contributed by atoms with van der Waals surface area (Å²) in [4.78, 5) is 21.5. The van der Waals surface area contributed by atoms with Crippen LogP contribution >= 0.6 is 22.9 Å². The molecule has 1 amide bonds. The monoisotopic (exact) mass is 405 g/mol. The fourth-order valence-corrected chi connectivity index (χ4v) is 4.56. The molecule has 1 atom stereocenters. The van der Waals surface area contributed by atoms with Crippen LogP contribution in [0.3, 0.4) is 0 Å². The smallest absolute Gasteiger partial charge is 0.251 e. The summed E-state index contributed by atoms with van der Waals surface area (Å²) in [6.45, 7) is 4.91. The number of benzene rings is 1. The number of hydrogen-bond acceptors (Lipinski definition) is 5. The molecule has 2 aliphatic heterocycles. The molecule has 3 heterocycles. The molecule has 0 aliphatic carbocycles. The maximum atomic E-state index is 12.4. The van der Waals surface area contributed by atoms with Gasteiger partial charge in [-0.15, -0.1) is 11.3 Å². The summed E-state index contributed by atoms with van der Waals surface area (Å²) < 4.78 is 5.53. The lowest BCUT2D eigenvalue weighted by atomic mass is 10.2. The first-order chi connectivity index (χ1) is 13.2. The number of nitrogens with zero attached hydrogens (tertiary/aromatic N) is 3. The molecule has 1 aromatic heterocycles. The second kappa shape index (κ2) is 8.69. The quantitative estimate of drug-likeness (QED) is 0.766. The van der Waals surface area contributed by atoms with Crippen LogP contribution in [0.2, 0.25) is 5.02 Å². The van der Waals surface area contributed by atoms with Gasteiger partial charge < -0.3 is 9.64 Å². The van der Waals surface area contributed by atoms with E-state index in [2.05, 4.69) is 10.3 Å². The van der Waals surface area contributed by atoms with Crippen molar-refractivity contribution >= 4 is 28.8 Å². The third-order valence-corrected chi connectivity index (χ3v) is 6.29. The number of hydrogen-bond donors (Lipinski definition) is 0. The Kier molecular flexibility index (Phi) is 6.08. The van der Waals surface area contributed by atoms with Crippen molar-refractivity contribution in [1.82, 2.24) is 14.8 Å². The van der Waals surface area contributed by atoms with E-state index in [1.807, 2.05) is 29.2 Å². The van der Waals surface area contributed by atoms with Crippen molar-refractivity contribution in [3.05, 3.63) is 50.9 Å². The Labute approximate surface area is 168 Å². The predicted molar refractivity (Wildman–Crippen MR) is 107 cm³/mol. The molecule has 0 saturated carbocycles. The highest BCUT2D eigenvalue weighted by Gasteiger charge is 2.30. The zero-order valence-corrected chi connectivity index (χ0v) is 16.8. The van der Waals surface area contributed by atoms with Crippen LogP contribution in [0.15, 0.2) is 29.6 Å². The van der Waals surface area contributed by atoms with Crippen LogP contribution in [0, 0.1) is 0 Å². The molecule has 7 heteroatoms. The van der Waals surface area contributed by atoms with Crippen LogP contribution in [-0.4, -0.2) is 59.6 Å². The molecule has 2 aromatic rings. The van der Waals surface area contributed by atoms with Gasteiger partial charge in [0.05, 0.1) is 10.7 Å². The molecule has 4 rings (SSSR count). The summed E-state index contributed by atoms with van der Waals surface area (Å²) in [6.07, 6.45) is 2.50. The summed E-state index contributed by atoms with van der Waals surface area (Å²) in [6, 6.07) is 7.94. The highest BCUT2D eigenvalue weighted by atomic mass is 35.5. The van der Waals surface area contributed by atoms with Crippen molar-refractivity contribution in [1.29, 1.82) is 0 Å². The Morgan fingerprint density at radius 2 is 2.00 bits per heavy atom. The third-order valence-electron chi connectivity index (χ3n) is 5.14. The Hall–Kier alpha value is -1.47. The summed E-state index contributed by atoms with van der Waals surface area (Å²) in [7, 11) is 0. The van der Waals surface area contributed by atoms with Gasteiger partial charge in [-0.2, -0.15) is 0 Å². The van der Waals surface area contributed by atoms with Crippen molar-refractivity contribution in [2.24, 2.45) is 0 Å². The second-order valence-corrected chi connectivity index (χ2v) is 8.52. The maximum absolute atomic E-state index is 12.4. The first kappa shape index (κ1) is 18.9. The van der Waals surface area contributed by atoms with Gasteiger partial charge >= 0.3 is 0 Å². The molecule has 2 aliphatic rings. The van der Waals surface area contributed by atoms with E-state index >= 15 is 0 Å². The number of amides is 1. The van der Waals surface area contributed by atoms with E-state index in [4.69, 9.17) is 21.3 Å². The van der Waals surface area contributed by atoms with Crippen LogP contribution in [-0.2, 0) is 22.5 Å². The largest absolute Gasteiger partial charge is 0.368 e. The summed E-state index contributed by atoms with van der Waals surface area (Å²) in [5, 5.41) is 4.03. The van der Waals surface area contributed by atoms with Gasteiger partial charge in [-0.05, 0) is 30.5 Å². The summed E-state index contributed by atoms with van der Waals surface area (Å²) in [5.74, 6) is 0.172. The molecule has 0 unspecified atom stereocenters. The number of thiazole rings is 1. The number of aromatic nitrogens is 1. The fraction of sp³-hybridized carbons (Fsp3) is 0.500. The number of rotatable bonds is 5. The lowest BCUT2D eigenvalue weighted by Gasteiger charge is -2.35. The maximum Gasteiger partial charge on any atom is 0.251 e. The number of carbonyl (C=O) groups excluding carboxylic acids is 1. The minimum absolute atomic E-state index is 0.172. The van der Waals surface area contributed by atoms with Gasteiger partial charge in [0.25, 0.3) is 5.91 Å². The minimum atomic E-state index is -0.203. The van der Waals surface area contributed by atoms with E-state index < -0.39 is 0 Å². The van der Waals surface area contributed by atoms with Crippen molar-refractivity contribution in [3.63, 3.8) is 0 Å². The lowest BCUT2D eigenvalue weighted by Crippen LogP contribution is -2.51. The lowest BCUT2D eigenvalue weighted by molar-refractivity contribution is -0.142. The molecule has 27 heavy (non-hydrogen) atoms. The highest BCUT2D eigenvalue weighted by Crippen LogP contribution is 2.19. The molecule has 1 aromatic carbocycles. The van der Waals surface area contributed by atoms with Gasteiger partial charge in [0.2, 0.25) is 0 Å². The molecule has 0 N–H and O–H groups in total. The Bertz CT molecular complexity index is 766. The SMILES string of the molecule is O=C([C@@H]1CCCO1)N1CCN(Cc2csc(Cc3ccc(Cl)cc3)n2)CC1. The average molecular weight is 406 g/mol. The predicted octanol–water partition coefficient (Wildman–Crippen LogP) is 3.21. The van der Waals surface area contributed by atoms with Gasteiger partial charge in [-0.1, -0.05) is 23.7 Å². The number of piperazine rings is 1. The normalized spacial score (nSPS) is 20.9. The summed E-state index contributed by atoms with van der Waals surface area (Å²) in [5.41, 5.74) is 2.34. The van der Waals surface area contributed by atoms with E-state index in [9.17, 15) is 4.79 Å². The molecular weight excluding hydrogens is 382 g/mol. The molecule has 0 spiro atoms. The van der Waals surface area contributed by atoms with E-state index in [1.54, 1.807) is 11.3 Å². The third kappa shape index (κ3) is 4.88. The molecular formula is C20H24ClN3O2S. The van der Waals surface area contributed by atoms with E-state index in [0.29, 0.717) is 0 Å². The van der Waals surface area contributed by atoms with E-state index in [-0.39, 0.29) is 12.0 Å². The van der Waals surface area contributed by atoms with Crippen molar-refractivity contribution in [3.8, 4) is 0 Å². The van der Waals surface area contributed by atoms with Gasteiger partial charge in [-0.3, -0.25) is 9.69 Å². The van der Waals surface area contributed by atoms with Gasteiger partial charge in [0, 0.05) is 56.2 Å². The minimum Gasteiger partial charge on any atom is -0.368 e. The van der Waals surface area contributed by atoms with Crippen molar-refractivity contribution in [2.45, 2.75) is 31.9 Å². The standard InChI is InChI=1S/C20H24ClN3O2S/c21-16-5-3-15(4-6-16)12-19-22-17(14-27-19)13-23-7-9-24(10-8-23)20(25)18-2-1-11-26-18/h3-6,14,18H,1-2,7-13H2/t18-/m0/s1. The Balaban J connectivity index is 1.26.